The molecule has 1 N–H and O–H groups in total. The molecule has 3 nitrogen and oxygen atoms in total. The number of hydrogen-bond acceptors (Lipinski definition) is 4. The van der Waals surface area contributed by atoms with Crippen molar-refractivity contribution in [3.63, 3.8) is 0 Å². The Bertz CT molecular complexity index is 237. The fraction of sp³-hybridized carbons (Fsp3) is 0.429. The van der Waals surface area contributed by atoms with E-state index >= 15 is 0 Å². The van der Waals surface area contributed by atoms with Gasteiger partial charge in [-0.1, -0.05) is 6.92 Å². The van der Waals surface area contributed by atoms with E-state index in [9.17, 15) is 0 Å². The number of rotatable bonds is 3. The van der Waals surface area contributed by atoms with Crippen molar-refractivity contribution in [2.75, 3.05) is 0 Å². The van der Waals surface area contributed by atoms with Gasteiger partial charge in [-0.3, -0.25) is 0 Å². The van der Waals surface area contributed by atoms with Gasteiger partial charge in [0, 0.05) is 11.6 Å². The predicted octanol–water partition coefficient (Wildman–Crippen LogP) is 1.66. The van der Waals surface area contributed by atoms with Crippen molar-refractivity contribution < 1.29 is 0 Å². The smallest absolute Gasteiger partial charge is 0.177 e. The van der Waals surface area contributed by atoms with E-state index < -0.39 is 0 Å². The molecule has 58 valence electrons. The molecular formula is C7H9N3S. The van der Waals surface area contributed by atoms with Crippen LogP contribution in [-0.4, -0.2) is 4.98 Å². The summed E-state index contributed by atoms with van der Waals surface area (Å²) < 4.78 is 0. The molecule has 0 aliphatic rings. The van der Waals surface area contributed by atoms with Gasteiger partial charge in [0.05, 0.1) is 6.04 Å². The molecule has 11 heavy (non-hydrogen) atoms. The van der Waals surface area contributed by atoms with Gasteiger partial charge in [0.1, 0.15) is 5.01 Å². The van der Waals surface area contributed by atoms with Crippen molar-refractivity contribution in [1.82, 2.24) is 10.3 Å². The summed E-state index contributed by atoms with van der Waals surface area (Å²) in [6, 6.07) is 0.0972. The normalized spacial score (nSPS) is 12.0. The van der Waals surface area contributed by atoms with Crippen LogP contribution in [-0.2, 0) is 0 Å². The zero-order valence-electron chi connectivity index (χ0n) is 6.24. The summed E-state index contributed by atoms with van der Waals surface area (Å²) in [7, 11) is 0. The van der Waals surface area contributed by atoms with Gasteiger partial charge in [0.25, 0.3) is 0 Å². The zero-order chi connectivity index (χ0) is 8.10. The second-order valence-corrected chi connectivity index (χ2v) is 3.01. The fourth-order valence-electron chi connectivity index (χ4n) is 0.823. The molecule has 0 aliphatic heterocycles. The van der Waals surface area contributed by atoms with E-state index in [0.717, 1.165) is 11.4 Å². The maximum atomic E-state index is 8.38. The van der Waals surface area contributed by atoms with Crippen molar-refractivity contribution in [3.8, 4) is 6.19 Å². The highest BCUT2D eigenvalue weighted by atomic mass is 32.1. The number of nitrogens with one attached hydrogen (secondary N) is 1. The van der Waals surface area contributed by atoms with E-state index in [1.54, 1.807) is 17.5 Å². The van der Waals surface area contributed by atoms with E-state index in [0.29, 0.717) is 0 Å². The second-order valence-electron chi connectivity index (χ2n) is 2.09. The topological polar surface area (TPSA) is 48.7 Å². The first-order valence-corrected chi connectivity index (χ1v) is 4.30. The molecule has 1 rings (SSSR count). The number of thiazole rings is 1. The van der Waals surface area contributed by atoms with Crippen LogP contribution in [0.3, 0.4) is 0 Å². The lowest BCUT2D eigenvalue weighted by atomic mass is 10.2. The fourth-order valence-corrected chi connectivity index (χ4v) is 1.60. The van der Waals surface area contributed by atoms with Crippen molar-refractivity contribution in [3.05, 3.63) is 16.6 Å². The van der Waals surface area contributed by atoms with Crippen LogP contribution in [0.5, 0.6) is 0 Å². The first-order valence-electron chi connectivity index (χ1n) is 3.42. The van der Waals surface area contributed by atoms with Gasteiger partial charge >= 0.3 is 0 Å². The zero-order valence-corrected chi connectivity index (χ0v) is 7.06. The van der Waals surface area contributed by atoms with Crippen molar-refractivity contribution in [2.45, 2.75) is 19.4 Å². The Morgan fingerprint density at radius 1 is 1.91 bits per heavy atom. The highest BCUT2D eigenvalue weighted by Crippen LogP contribution is 2.17. The lowest BCUT2D eigenvalue weighted by Crippen LogP contribution is -2.14. The third-order valence-corrected chi connectivity index (χ3v) is 2.29. The Hall–Kier alpha value is -1.08. The van der Waals surface area contributed by atoms with Crippen LogP contribution in [0.2, 0.25) is 0 Å². The minimum atomic E-state index is 0.0972. The van der Waals surface area contributed by atoms with Crippen molar-refractivity contribution in [1.29, 1.82) is 5.26 Å². The highest BCUT2D eigenvalue weighted by Gasteiger charge is 2.09. The van der Waals surface area contributed by atoms with Gasteiger partial charge in [0.2, 0.25) is 0 Å². The van der Waals surface area contributed by atoms with E-state index in [1.165, 1.54) is 0 Å². The molecule has 0 saturated heterocycles. The molecule has 0 aromatic carbocycles. The summed E-state index contributed by atoms with van der Waals surface area (Å²) in [6.07, 6.45) is 4.57. The lowest BCUT2D eigenvalue weighted by molar-refractivity contribution is 0.607. The monoisotopic (exact) mass is 167 g/mol. The quantitative estimate of drug-likeness (QED) is 0.550. The molecule has 1 atom stereocenters. The molecule has 0 spiro atoms. The summed E-state index contributed by atoms with van der Waals surface area (Å²) >= 11 is 1.57. The molecule has 1 aromatic heterocycles. The lowest BCUT2D eigenvalue weighted by Gasteiger charge is -2.07. The van der Waals surface area contributed by atoms with Crippen molar-refractivity contribution in [2.24, 2.45) is 0 Å². The van der Waals surface area contributed by atoms with Crippen LogP contribution < -0.4 is 5.32 Å². The number of hydrogen-bond donors (Lipinski definition) is 1. The molecule has 0 amide bonds. The number of nitriles is 1. The number of aromatic nitrogens is 1. The maximum absolute atomic E-state index is 8.38. The van der Waals surface area contributed by atoms with E-state index in [2.05, 4.69) is 10.3 Å². The van der Waals surface area contributed by atoms with Crippen LogP contribution in [0, 0.1) is 11.5 Å². The van der Waals surface area contributed by atoms with E-state index in [4.69, 9.17) is 5.26 Å². The van der Waals surface area contributed by atoms with Crippen LogP contribution in [0.25, 0.3) is 0 Å². The van der Waals surface area contributed by atoms with Crippen LogP contribution in [0.15, 0.2) is 11.6 Å². The Morgan fingerprint density at radius 3 is 3.18 bits per heavy atom. The Balaban J connectivity index is 2.65. The summed E-state index contributed by atoms with van der Waals surface area (Å²) in [5.74, 6) is 0. The first-order chi connectivity index (χ1) is 5.38. The van der Waals surface area contributed by atoms with E-state index in [-0.39, 0.29) is 6.04 Å². The third kappa shape index (κ3) is 1.92. The van der Waals surface area contributed by atoms with Gasteiger partial charge in [-0.2, -0.15) is 5.26 Å². The van der Waals surface area contributed by atoms with Gasteiger partial charge in [-0.15, -0.1) is 11.3 Å². The summed E-state index contributed by atoms with van der Waals surface area (Å²) in [6.45, 7) is 2.02. The molecule has 1 unspecified atom stereocenters. The summed E-state index contributed by atoms with van der Waals surface area (Å²) in [5, 5.41) is 14.0. The largest absolute Gasteiger partial charge is 0.314 e. The Morgan fingerprint density at radius 2 is 2.73 bits per heavy atom. The molecular weight excluding hydrogens is 158 g/mol. The van der Waals surface area contributed by atoms with Gasteiger partial charge in [-0.05, 0) is 6.42 Å². The van der Waals surface area contributed by atoms with Gasteiger partial charge < -0.3 is 5.32 Å². The second kappa shape index (κ2) is 3.94. The molecule has 0 aliphatic carbocycles. The third-order valence-electron chi connectivity index (χ3n) is 1.40. The number of nitrogens with zero attached hydrogens (tertiary/aromatic N) is 2. The Labute approximate surface area is 69.7 Å². The molecule has 0 radical (unpaired) electrons. The first kappa shape index (κ1) is 8.02. The van der Waals surface area contributed by atoms with Crippen molar-refractivity contribution >= 4 is 11.3 Å². The summed E-state index contributed by atoms with van der Waals surface area (Å²) in [5.41, 5.74) is 0. The molecule has 0 bridgehead atoms. The minimum absolute atomic E-state index is 0.0972. The summed E-state index contributed by atoms with van der Waals surface area (Å²) in [4.78, 5) is 4.11. The standard InChI is InChI=1S/C7H9N3S/c1-2-6(10-5-8)7-9-3-4-11-7/h3-4,6,10H,2H2,1H3. The molecule has 0 saturated carbocycles. The minimum Gasteiger partial charge on any atom is -0.314 e. The predicted molar refractivity (Wildman–Crippen MR) is 43.9 cm³/mol. The van der Waals surface area contributed by atoms with Gasteiger partial charge in [0.15, 0.2) is 6.19 Å². The highest BCUT2D eigenvalue weighted by molar-refractivity contribution is 7.09. The Kier molecular flexibility index (Phi) is 2.87. The van der Waals surface area contributed by atoms with Crippen LogP contribution >= 0.6 is 11.3 Å². The average Bonchev–Trinajstić information content (AvgIpc) is 2.52. The SMILES string of the molecule is CCC(NC#N)c1nccs1. The molecule has 4 heteroatoms. The van der Waals surface area contributed by atoms with Crippen LogP contribution in [0.1, 0.15) is 24.4 Å². The molecule has 0 fully saturated rings. The average molecular weight is 167 g/mol. The van der Waals surface area contributed by atoms with Gasteiger partial charge in [-0.25, -0.2) is 4.98 Å². The maximum Gasteiger partial charge on any atom is 0.177 e. The van der Waals surface area contributed by atoms with E-state index in [1.807, 2.05) is 18.5 Å². The molecule has 1 aromatic rings. The van der Waals surface area contributed by atoms with Crippen LogP contribution in [0.4, 0.5) is 0 Å². The molecule has 1 heterocycles.